The van der Waals surface area contributed by atoms with Crippen LogP contribution >= 0.6 is 11.8 Å². The normalized spacial score (nSPS) is 32.2. The van der Waals surface area contributed by atoms with Gasteiger partial charge in [-0.15, -0.1) is 0 Å². The summed E-state index contributed by atoms with van der Waals surface area (Å²) in [7, 11) is 0. The molecule has 0 saturated heterocycles. The Morgan fingerprint density at radius 1 is 1.55 bits per heavy atom. The number of hydrogen-bond acceptors (Lipinski definition) is 2. The molecule has 0 fully saturated rings. The summed E-state index contributed by atoms with van der Waals surface area (Å²) >= 11 is 1.59. The van der Waals surface area contributed by atoms with E-state index in [9.17, 15) is 5.11 Å². The molecule has 1 nitrogen and oxygen atoms in total. The molecule has 0 radical (unpaired) electrons. The highest BCUT2D eigenvalue weighted by Gasteiger charge is 2.41. The molecule has 1 aliphatic heterocycles. The summed E-state index contributed by atoms with van der Waals surface area (Å²) in [6.07, 6.45) is 2.89. The quantitative estimate of drug-likeness (QED) is 0.605. The minimum absolute atomic E-state index is 0.178. The Balaban J connectivity index is 2.74. The lowest BCUT2D eigenvalue weighted by molar-refractivity contribution is 0.305. The summed E-state index contributed by atoms with van der Waals surface area (Å²) in [6, 6.07) is 0. The number of thioether (sulfide) groups is 1. The zero-order valence-corrected chi connectivity index (χ0v) is 8.46. The Bertz CT molecular complexity index is 190. The van der Waals surface area contributed by atoms with Crippen molar-refractivity contribution in [1.82, 2.24) is 0 Å². The Morgan fingerprint density at radius 2 is 2.09 bits per heavy atom. The second-order valence-electron chi connectivity index (χ2n) is 4.33. The number of hydrogen-bond donors (Lipinski definition) is 1. The van der Waals surface area contributed by atoms with Gasteiger partial charge in [0, 0.05) is 4.75 Å². The van der Waals surface area contributed by atoms with Gasteiger partial charge in [0.2, 0.25) is 0 Å². The van der Waals surface area contributed by atoms with Gasteiger partial charge in [-0.2, -0.15) is 0 Å². The van der Waals surface area contributed by atoms with E-state index < -0.39 is 0 Å². The lowest BCUT2D eigenvalue weighted by Crippen LogP contribution is -2.34. The van der Waals surface area contributed by atoms with Gasteiger partial charge in [-0.3, -0.25) is 0 Å². The molecule has 0 aromatic rings. The zero-order chi connectivity index (χ0) is 8.70. The topological polar surface area (TPSA) is 20.2 Å². The molecule has 0 aromatic heterocycles. The molecule has 1 heterocycles. The second-order valence-corrected chi connectivity index (χ2v) is 5.85. The van der Waals surface area contributed by atoms with Crippen molar-refractivity contribution in [2.45, 2.75) is 38.9 Å². The lowest BCUT2D eigenvalue weighted by Gasteiger charge is -2.37. The number of rotatable bonds is 0. The molecule has 0 amide bonds. The van der Waals surface area contributed by atoms with Gasteiger partial charge < -0.3 is 5.11 Å². The van der Waals surface area contributed by atoms with Gasteiger partial charge in [-0.1, -0.05) is 32.5 Å². The van der Waals surface area contributed by atoms with Crippen LogP contribution in [0.15, 0.2) is 11.2 Å². The standard InChI is InChI=1S/C9H16OS/c1-8(2,3)9(4)6-5-7(10)11-9/h5,10H,6H2,1-4H3. The molecule has 1 aliphatic rings. The average molecular weight is 172 g/mol. The molecule has 0 spiro atoms. The van der Waals surface area contributed by atoms with Crippen molar-refractivity contribution in [2.75, 3.05) is 0 Å². The van der Waals surface area contributed by atoms with Crippen molar-refractivity contribution in [1.29, 1.82) is 0 Å². The molecule has 1 N–H and O–H groups in total. The number of aliphatic hydroxyl groups excluding tert-OH is 1. The van der Waals surface area contributed by atoms with Crippen molar-refractivity contribution in [2.24, 2.45) is 5.41 Å². The third-order valence-corrected chi connectivity index (χ3v) is 4.19. The third-order valence-electron chi connectivity index (χ3n) is 2.58. The Morgan fingerprint density at radius 3 is 2.27 bits per heavy atom. The first kappa shape index (κ1) is 8.98. The smallest absolute Gasteiger partial charge is 0.146 e. The van der Waals surface area contributed by atoms with Crippen LogP contribution in [-0.4, -0.2) is 9.85 Å². The molecule has 0 bridgehead atoms. The van der Waals surface area contributed by atoms with Crippen LogP contribution in [0.1, 0.15) is 34.1 Å². The largest absolute Gasteiger partial charge is 0.502 e. The Labute approximate surface area is 72.9 Å². The fourth-order valence-electron chi connectivity index (χ4n) is 1.06. The summed E-state index contributed by atoms with van der Waals surface area (Å²) in [5.41, 5.74) is 0.249. The van der Waals surface area contributed by atoms with Crippen molar-refractivity contribution in [3.05, 3.63) is 11.2 Å². The number of allylic oxidation sites excluding steroid dienone is 1. The summed E-state index contributed by atoms with van der Waals surface area (Å²) in [4.78, 5) is 0. The molecule has 1 rings (SSSR count). The van der Waals surface area contributed by atoms with E-state index in [-0.39, 0.29) is 10.2 Å². The van der Waals surface area contributed by atoms with Crippen LogP contribution in [0.2, 0.25) is 0 Å². The van der Waals surface area contributed by atoms with E-state index in [1.165, 1.54) is 0 Å². The minimum Gasteiger partial charge on any atom is -0.502 e. The van der Waals surface area contributed by atoms with Gasteiger partial charge in [-0.05, 0) is 24.8 Å². The van der Waals surface area contributed by atoms with Crippen LogP contribution in [0.5, 0.6) is 0 Å². The maximum atomic E-state index is 9.25. The van der Waals surface area contributed by atoms with Crippen molar-refractivity contribution in [3.63, 3.8) is 0 Å². The molecular weight excluding hydrogens is 156 g/mol. The molecule has 1 atom stereocenters. The third kappa shape index (κ3) is 1.56. The van der Waals surface area contributed by atoms with Crippen LogP contribution in [0.4, 0.5) is 0 Å². The maximum absolute atomic E-state index is 9.25. The molecular formula is C9H16OS. The maximum Gasteiger partial charge on any atom is 0.146 e. The summed E-state index contributed by atoms with van der Waals surface area (Å²) in [5.74, 6) is 0. The van der Waals surface area contributed by atoms with Crippen LogP contribution < -0.4 is 0 Å². The van der Waals surface area contributed by atoms with E-state index in [0.717, 1.165) is 6.42 Å². The molecule has 2 heteroatoms. The van der Waals surface area contributed by atoms with Gasteiger partial charge in [0.25, 0.3) is 0 Å². The van der Waals surface area contributed by atoms with Crippen LogP contribution in [0, 0.1) is 5.41 Å². The molecule has 11 heavy (non-hydrogen) atoms. The fraction of sp³-hybridized carbons (Fsp3) is 0.778. The molecule has 64 valence electrons. The molecule has 0 aromatic carbocycles. The van der Waals surface area contributed by atoms with Crippen LogP contribution in [0.25, 0.3) is 0 Å². The fourth-order valence-corrected chi connectivity index (χ4v) is 2.16. The van der Waals surface area contributed by atoms with Gasteiger partial charge in [-0.25, -0.2) is 0 Å². The zero-order valence-electron chi connectivity index (χ0n) is 7.64. The highest BCUT2D eigenvalue weighted by atomic mass is 32.2. The highest BCUT2D eigenvalue weighted by Crippen LogP contribution is 2.51. The van der Waals surface area contributed by atoms with Crippen molar-refractivity contribution < 1.29 is 5.11 Å². The van der Waals surface area contributed by atoms with Gasteiger partial charge >= 0.3 is 0 Å². The van der Waals surface area contributed by atoms with Crippen LogP contribution in [-0.2, 0) is 0 Å². The summed E-state index contributed by atoms with van der Waals surface area (Å²) in [5, 5.41) is 9.74. The van der Waals surface area contributed by atoms with Gasteiger partial charge in [0.1, 0.15) is 5.09 Å². The van der Waals surface area contributed by atoms with Gasteiger partial charge in [0.05, 0.1) is 0 Å². The van der Waals surface area contributed by atoms with E-state index in [1.54, 1.807) is 11.8 Å². The lowest BCUT2D eigenvalue weighted by atomic mass is 9.79. The first-order valence-electron chi connectivity index (χ1n) is 3.93. The van der Waals surface area contributed by atoms with E-state index in [0.29, 0.717) is 5.09 Å². The van der Waals surface area contributed by atoms with Gasteiger partial charge in [0.15, 0.2) is 0 Å². The summed E-state index contributed by atoms with van der Waals surface area (Å²) < 4.78 is 0.178. The molecule has 0 aliphatic carbocycles. The number of aliphatic hydroxyl groups is 1. The van der Waals surface area contributed by atoms with E-state index in [2.05, 4.69) is 27.7 Å². The van der Waals surface area contributed by atoms with E-state index in [1.807, 2.05) is 6.08 Å². The Hall–Kier alpha value is -0.110. The van der Waals surface area contributed by atoms with E-state index >= 15 is 0 Å². The second kappa shape index (κ2) is 2.44. The predicted molar refractivity (Wildman–Crippen MR) is 50.8 cm³/mol. The minimum atomic E-state index is 0.178. The summed E-state index contributed by atoms with van der Waals surface area (Å²) in [6.45, 7) is 8.85. The highest BCUT2D eigenvalue weighted by molar-refractivity contribution is 8.04. The Kier molecular flexibility index (Phi) is 1.99. The molecule has 0 saturated carbocycles. The van der Waals surface area contributed by atoms with Crippen LogP contribution in [0.3, 0.4) is 0 Å². The molecule has 1 unspecified atom stereocenters. The monoisotopic (exact) mass is 172 g/mol. The predicted octanol–water partition coefficient (Wildman–Crippen LogP) is 3.33. The van der Waals surface area contributed by atoms with E-state index in [4.69, 9.17) is 0 Å². The average Bonchev–Trinajstić information content (AvgIpc) is 2.10. The van der Waals surface area contributed by atoms with Crippen molar-refractivity contribution >= 4 is 11.8 Å². The van der Waals surface area contributed by atoms with Crippen molar-refractivity contribution in [3.8, 4) is 0 Å². The first-order chi connectivity index (χ1) is 4.85. The first-order valence-corrected chi connectivity index (χ1v) is 4.75. The SMILES string of the molecule is CC(C)(C)C1(C)CC=C(O)S1.